The molecule has 1 saturated carbocycles. The molecule has 198 valence electrons. The predicted molar refractivity (Wildman–Crippen MR) is 136 cm³/mol. The van der Waals surface area contributed by atoms with Gasteiger partial charge in [0.15, 0.2) is 0 Å². The number of cyclic esters (lactones) is 1. The molecular formula is C27H38ClN3O5. The topological polar surface area (TPSA) is 108 Å². The number of nitrogens with zero attached hydrogens (tertiary/aromatic N) is 1. The molecule has 36 heavy (non-hydrogen) atoms. The largest absolute Gasteiger partial charge is 0.449 e. The molecule has 8 nitrogen and oxygen atoms in total. The van der Waals surface area contributed by atoms with Crippen LogP contribution in [0.5, 0.6) is 0 Å². The first-order chi connectivity index (χ1) is 16.9. The van der Waals surface area contributed by atoms with Gasteiger partial charge in [-0.05, 0) is 49.3 Å². The molecule has 1 aromatic rings. The number of carbonyl (C=O) groups excluding carboxylic acids is 3. The summed E-state index contributed by atoms with van der Waals surface area (Å²) in [5.41, 5.74) is -1.32. The second kappa shape index (κ2) is 9.86. The molecule has 3 fully saturated rings. The Hall–Kier alpha value is -2.32. The van der Waals surface area contributed by atoms with Crippen molar-refractivity contribution in [3.63, 3.8) is 0 Å². The monoisotopic (exact) mass is 519 g/mol. The highest BCUT2D eigenvalue weighted by Gasteiger charge is 2.51. The Morgan fingerprint density at radius 2 is 1.89 bits per heavy atom. The van der Waals surface area contributed by atoms with E-state index < -0.39 is 28.7 Å². The number of likely N-dealkylation sites (tertiary alicyclic amines) is 1. The number of hydrogen-bond donors (Lipinski definition) is 3. The molecule has 1 spiro atoms. The van der Waals surface area contributed by atoms with Gasteiger partial charge < -0.3 is 25.4 Å². The number of benzene rings is 1. The van der Waals surface area contributed by atoms with Crippen molar-refractivity contribution in [3.05, 3.63) is 34.9 Å². The number of piperidine rings is 1. The molecule has 3 aliphatic rings. The predicted octanol–water partition coefficient (Wildman–Crippen LogP) is 3.60. The van der Waals surface area contributed by atoms with Crippen LogP contribution >= 0.6 is 11.6 Å². The number of ether oxygens (including phenoxy) is 1. The standard InChI is InChI=1S/C27H38ClN3O5/c1-17(2)21(29-22(32)18-9-10-26(15-18)12-14-36-24(34)30-26)23(33)31-13-11-27(35,25(3,4)16-31)19-5-7-20(28)8-6-19/h5-8,17-18,21,35H,9-16H2,1-4H3,(H,29,32)(H,30,34)/t18-,21?,26?,27?/m1/s1. The number of amides is 3. The fourth-order valence-electron chi connectivity index (χ4n) is 6.10. The number of alkyl carbamates (subject to hydrolysis) is 1. The van der Waals surface area contributed by atoms with Crippen molar-refractivity contribution in [1.82, 2.24) is 15.5 Å². The van der Waals surface area contributed by atoms with Crippen LogP contribution in [0.1, 0.15) is 65.4 Å². The molecule has 9 heteroatoms. The molecule has 2 aliphatic heterocycles. The molecule has 2 heterocycles. The lowest BCUT2D eigenvalue weighted by atomic mass is 9.66. The molecule has 0 bridgehead atoms. The van der Waals surface area contributed by atoms with E-state index in [0.717, 1.165) is 12.0 Å². The maximum Gasteiger partial charge on any atom is 0.407 e. The van der Waals surface area contributed by atoms with E-state index in [4.69, 9.17) is 16.3 Å². The van der Waals surface area contributed by atoms with Gasteiger partial charge in [-0.15, -0.1) is 0 Å². The summed E-state index contributed by atoms with van der Waals surface area (Å²) in [5.74, 6) is -0.629. The molecule has 2 saturated heterocycles. The highest BCUT2D eigenvalue weighted by atomic mass is 35.5. The van der Waals surface area contributed by atoms with Gasteiger partial charge in [-0.3, -0.25) is 9.59 Å². The molecule has 0 aromatic heterocycles. The van der Waals surface area contributed by atoms with Crippen molar-refractivity contribution >= 4 is 29.5 Å². The van der Waals surface area contributed by atoms with Crippen LogP contribution in [-0.4, -0.2) is 59.2 Å². The third-order valence-corrected chi connectivity index (χ3v) is 8.73. The fraction of sp³-hybridized carbons (Fsp3) is 0.667. The quantitative estimate of drug-likeness (QED) is 0.551. The van der Waals surface area contributed by atoms with E-state index in [1.807, 2.05) is 39.8 Å². The van der Waals surface area contributed by atoms with E-state index >= 15 is 0 Å². The Labute approximate surface area is 218 Å². The minimum absolute atomic E-state index is 0.0974. The van der Waals surface area contributed by atoms with Gasteiger partial charge in [0.1, 0.15) is 6.04 Å². The smallest absolute Gasteiger partial charge is 0.407 e. The average Bonchev–Trinajstić information content (AvgIpc) is 3.21. The summed E-state index contributed by atoms with van der Waals surface area (Å²) >= 11 is 6.04. The lowest BCUT2D eigenvalue weighted by Gasteiger charge is -2.51. The van der Waals surface area contributed by atoms with Gasteiger partial charge in [-0.25, -0.2) is 4.79 Å². The molecule has 1 aliphatic carbocycles. The lowest BCUT2D eigenvalue weighted by Crippen LogP contribution is -2.60. The molecule has 3 amide bonds. The van der Waals surface area contributed by atoms with Crippen molar-refractivity contribution in [2.45, 2.75) is 77.0 Å². The van der Waals surface area contributed by atoms with Crippen LogP contribution < -0.4 is 10.6 Å². The first-order valence-corrected chi connectivity index (χ1v) is 13.3. The minimum atomic E-state index is -1.10. The highest BCUT2D eigenvalue weighted by Crippen LogP contribution is 2.46. The lowest BCUT2D eigenvalue weighted by molar-refractivity contribution is -0.157. The first-order valence-electron chi connectivity index (χ1n) is 12.9. The SMILES string of the molecule is CC(C)C(NC(=O)[C@@H]1CCC2(CCOC(=O)N2)C1)C(=O)N1CCC(O)(c2ccc(Cl)cc2)C(C)(C)C1. The Morgan fingerprint density at radius 3 is 2.50 bits per heavy atom. The maximum atomic E-state index is 13.6. The molecule has 1 aromatic carbocycles. The zero-order valence-corrected chi connectivity index (χ0v) is 22.4. The van der Waals surface area contributed by atoms with Gasteiger partial charge in [-0.1, -0.05) is 51.4 Å². The summed E-state index contributed by atoms with van der Waals surface area (Å²) < 4.78 is 5.00. The van der Waals surface area contributed by atoms with E-state index in [2.05, 4.69) is 10.6 Å². The Morgan fingerprint density at radius 1 is 1.19 bits per heavy atom. The van der Waals surface area contributed by atoms with Crippen LogP contribution in [0.15, 0.2) is 24.3 Å². The summed E-state index contributed by atoms with van der Waals surface area (Å²) in [5, 5.41) is 18.2. The van der Waals surface area contributed by atoms with Crippen LogP contribution in [-0.2, 0) is 19.9 Å². The zero-order valence-electron chi connectivity index (χ0n) is 21.6. The highest BCUT2D eigenvalue weighted by molar-refractivity contribution is 6.30. The number of rotatable bonds is 5. The Balaban J connectivity index is 1.42. The van der Waals surface area contributed by atoms with Gasteiger partial charge in [-0.2, -0.15) is 0 Å². The van der Waals surface area contributed by atoms with Gasteiger partial charge in [0.25, 0.3) is 0 Å². The van der Waals surface area contributed by atoms with Gasteiger partial charge in [0, 0.05) is 41.4 Å². The van der Waals surface area contributed by atoms with E-state index in [-0.39, 0.29) is 23.7 Å². The summed E-state index contributed by atoms with van der Waals surface area (Å²) in [6.45, 7) is 8.89. The number of hydrogen-bond acceptors (Lipinski definition) is 5. The molecule has 4 rings (SSSR count). The normalized spacial score (nSPS) is 30.6. The number of halogens is 1. The first kappa shape index (κ1) is 26.7. The van der Waals surface area contributed by atoms with Gasteiger partial charge in [0.05, 0.1) is 12.2 Å². The molecule has 3 N–H and O–H groups in total. The van der Waals surface area contributed by atoms with Crippen LogP contribution in [0.3, 0.4) is 0 Å². The summed E-state index contributed by atoms with van der Waals surface area (Å²) in [4.78, 5) is 40.4. The van der Waals surface area contributed by atoms with Crippen molar-refractivity contribution in [2.24, 2.45) is 17.3 Å². The van der Waals surface area contributed by atoms with E-state index in [0.29, 0.717) is 50.4 Å². The van der Waals surface area contributed by atoms with Crippen LogP contribution in [0, 0.1) is 17.3 Å². The number of aliphatic hydroxyl groups is 1. The molecule has 3 unspecified atom stereocenters. The molecule has 4 atom stereocenters. The summed E-state index contributed by atoms with van der Waals surface area (Å²) in [6.07, 6.45) is 2.59. The summed E-state index contributed by atoms with van der Waals surface area (Å²) in [7, 11) is 0. The number of nitrogens with one attached hydrogen (secondary N) is 2. The van der Waals surface area contributed by atoms with Crippen molar-refractivity contribution < 1.29 is 24.2 Å². The summed E-state index contributed by atoms with van der Waals surface area (Å²) in [6, 6.07) is 6.56. The Kier molecular flexibility index (Phi) is 7.32. The van der Waals surface area contributed by atoms with Gasteiger partial charge >= 0.3 is 6.09 Å². The third kappa shape index (κ3) is 5.07. The van der Waals surface area contributed by atoms with Crippen molar-refractivity contribution in [3.8, 4) is 0 Å². The fourth-order valence-corrected chi connectivity index (χ4v) is 6.22. The second-order valence-electron chi connectivity index (χ2n) is 11.7. The number of carbonyl (C=O) groups is 3. The Bertz CT molecular complexity index is 1010. The molecule has 0 radical (unpaired) electrons. The van der Waals surface area contributed by atoms with Crippen molar-refractivity contribution in [2.75, 3.05) is 19.7 Å². The van der Waals surface area contributed by atoms with E-state index in [1.54, 1.807) is 17.0 Å². The molecular weight excluding hydrogens is 482 g/mol. The van der Waals surface area contributed by atoms with Gasteiger partial charge in [0.2, 0.25) is 11.8 Å². The third-order valence-electron chi connectivity index (χ3n) is 8.47. The second-order valence-corrected chi connectivity index (χ2v) is 12.2. The van der Waals surface area contributed by atoms with E-state index in [9.17, 15) is 19.5 Å². The maximum absolute atomic E-state index is 13.6. The van der Waals surface area contributed by atoms with Crippen molar-refractivity contribution in [1.29, 1.82) is 0 Å². The zero-order chi connectivity index (χ0) is 26.3. The van der Waals surface area contributed by atoms with E-state index in [1.165, 1.54) is 0 Å². The van der Waals surface area contributed by atoms with Crippen LogP contribution in [0.2, 0.25) is 5.02 Å². The van der Waals surface area contributed by atoms with Crippen LogP contribution in [0.4, 0.5) is 4.79 Å². The average molecular weight is 520 g/mol. The minimum Gasteiger partial charge on any atom is -0.449 e. The van der Waals surface area contributed by atoms with Crippen LogP contribution in [0.25, 0.3) is 0 Å².